The SMILES string of the molecule is Cc1nccc(CN2CCC[C@H](Cc3[nH]ncc3C)C2)n1. The van der Waals surface area contributed by atoms with Crippen molar-refractivity contribution in [3.05, 3.63) is 41.2 Å². The Balaban J connectivity index is 1.59. The molecule has 0 amide bonds. The summed E-state index contributed by atoms with van der Waals surface area (Å²) in [4.78, 5) is 11.2. The molecular weight excluding hydrogens is 262 g/mol. The third kappa shape index (κ3) is 3.67. The van der Waals surface area contributed by atoms with E-state index in [2.05, 4.69) is 32.0 Å². The molecule has 3 rings (SSSR count). The fourth-order valence-corrected chi connectivity index (χ4v) is 3.15. The fraction of sp³-hybridized carbons (Fsp3) is 0.562. The first-order valence-corrected chi connectivity index (χ1v) is 7.70. The normalized spacial score (nSPS) is 19.8. The standard InChI is InChI=1S/C16H23N5/c1-12-9-18-20-16(12)8-14-4-3-7-21(10-14)11-15-5-6-17-13(2)19-15/h5-6,9,14H,3-4,7-8,10-11H2,1-2H3,(H,18,20)/t14-/m1/s1. The van der Waals surface area contributed by atoms with Gasteiger partial charge in [-0.3, -0.25) is 10.00 Å². The fourth-order valence-electron chi connectivity index (χ4n) is 3.15. The number of H-pyrrole nitrogens is 1. The molecule has 3 heterocycles. The van der Waals surface area contributed by atoms with Gasteiger partial charge in [0.1, 0.15) is 5.82 Å². The van der Waals surface area contributed by atoms with E-state index < -0.39 is 0 Å². The predicted molar refractivity (Wildman–Crippen MR) is 81.8 cm³/mol. The van der Waals surface area contributed by atoms with Crippen LogP contribution in [0.3, 0.4) is 0 Å². The van der Waals surface area contributed by atoms with E-state index in [1.807, 2.05) is 25.4 Å². The monoisotopic (exact) mass is 285 g/mol. The summed E-state index contributed by atoms with van der Waals surface area (Å²) in [5.74, 6) is 1.56. The topological polar surface area (TPSA) is 57.7 Å². The minimum absolute atomic E-state index is 0.709. The van der Waals surface area contributed by atoms with Crippen molar-refractivity contribution in [3.63, 3.8) is 0 Å². The highest BCUT2D eigenvalue weighted by Crippen LogP contribution is 2.22. The summed E-state index contributed by atoms with van der Waals surface area (Å²) in [6.45, 7) is 7.32. The van der Waals surface area contributed by atoms with E-state index in [0.29, 0.717) is 5.92 Å². The van der Waals surface area contributed by atoms with Crippen LogP contribution in [0.15, 0.2) is 18.5 Å². The van der Waals surface area contributed by atoms with Gasteiger partial charge >= 0.3 is 0 Å². The van der Waals surface area contributed by atoms with E-state index in [1.165, 1.54) is 30.6 Å². The quantitative estimate of drug-likeness (QED) is 0.936. The van der Waals surface area contributed by atoms with E-state index in [9.17, 15) is 0 Å². The van der Waals surface area contributed by atoms with Gasteiger partial charge in [0.05, 0.1) is 11.9 Å². The molecule has 1 atom stereocenters. The van der Waals surface area contributed by atoms with Crippen LogP contribution in [0.1, 0.15) is 35.6 Å². The first-order chi connectivity index (χ1) is 10.2. The number of rotatable bonds is 4. The highest BCUT2D eigenvalue weighted by atomic mass is 15.1. The molecule has 112 valence electrons. The van der Waals surface area contributed by atoms with Gasteiger partial charge in [-0.15, -0.1) is 0 Å². The Hall–Kier alpha value is -1.75. The molecule has 2 aromatic rings. The van der Waals surface area contributed by atoms with Gasteiger partial charge in [0.15, 0.2) is 0 Å². The number of hydrogen-bond donors (Lipinski definition) is 1. The van der Waals surface area contributed by atoms with Gasteiger partial charge in [0.2, 0.25) is 0 Å². The van der Waals surface area contributed by atoms with Crippen molar-refractivity contribution in [1.29, 1.82) is 0 Å². The Morgan fingerprint density at radius 1 is 1.38 bits per heavy atom. The molecular formula is C16H23N5. The zero-order valence-corrected chi connectivity index (χ0v) is 12.8. The van der Waals surface area contributed by atoms with Crippen molar-refractivity contribution in [2.24, 2.45) is 5.92 Å². The van der Waals surface area contributed by atoms with Crippen LogP contribution >= 0.6 is 0 Å². The number of likely N-dealkylation sites (tertiary alicyclic amines) is 1. The minimum atomic E-state index is 0.709. The molecule has 1 saturated heterocycles. The van der Waals surface area contributed by atoms with Crippen LogP contribution in [0.5, 0.6) is 0 Å². The third-order valence-corrected chi connectivity index (χ3v) is 4.25. The van der Waals surface area contributed by atoms with Gasteiger partial charge in [-0.25, -0.2) is 9.97 Å². The van der Waals surface area contributed by atoms with Gasteiger partial charge in [0, 0.05) is 25.0 Å². The lowest BCUT2D eigenvalue weighted by molar-refractivity contribution is 0.164. The highest BCUT2D eigenvalue weighted by molar-refractivity contribution is 5.14. The van der Waals surface area contributed by atoms with Gasteiger partial charge < -0.3 is 0 Å². The summed E-state index contributed by atoms with van der Waals surface area (Å²) in [6.07, 6.45) is 7.44. The van der Waals surface area contributed by atoms with Crippen molar-refractivity contribution < 1.29 is 0 Å². The average molecular weight is 285 g/mol. The lowest BCUT2D eigenvalue weighted by Gasteiger charge is -2.32. The largest absolute Gasteiger partial charge is 0.297 e. The maximum absolute atomic E-state index is 4.51. The Morgan fingerprint density at radius 2 is 2.29 bits per heavy atom. The van der Waals surface area contributed by atoms with Gasteiger partial charge in [-0.1, -0.05) is 0 Å². The smallest absolute Gasteiger partial charge is 0.125 e. The van der Waals surface area contributed by atoms with E-state index in [4.69, 9.17) is 0 Å². The molecule has 1 N–H and O–H groups in total. The number of nitrogens with zero attached hydrogens (tertiary/aromatic N) is 4. The molecule has 1 aliphatic rings. The minimum Gasteiger partial charge on any atom is -0.297 e. The van der Waals surface area contributed by atoms with Crippen molar-refractivity contribution in [2.45, 2.75) is 39.7 Å². The molecule has 0 aromatic carbocycles. The van der Waals surface area contributed by atoms with Crippen LogP contribution in [0.4, 0.5) is 0 Å². The zero-order chi connectivity index (χ0) is 14.7. The lowest BCUT2D eigenvalue weighted by Crippen LogP contribution is -2.36. The summed E-state index contributed by atoms with van der Waals surface area (Å²) in [5.41, 5.74) is 3.69. The van der Waals surface area contributed by atoms with Crippen LogP contribution in [-0.4, -0.2) is 38.2 Å². The molecule has 1 aliphatic heterocycles. The lowest BCUT2D eigenvalue weighted by atomic mass is 9.92. The maximum atomic E-state index is 4.51. The molecule has 0 aliphatic carbocycles. The summed E-state index contributed by atoms with van der Waals surface area (Å²) in [6, 6.07) is 2.02. The van der Waals surface area contributed by atoms with E-state index in [0.717, 1.165) is 31.0 Å². The van der Waals surface area contributed by atoms with Crippen molar-refractivity contribution in [1.82, 2.24) is 25.1 Å². The molecule has 0 saturated carbocycles. The zero-order valence-electron chi connectivity index (χ0n) is 12.8. The second-order valence-corrected chi connectivity index (χ2v) is 6.07. The number of aryl methyl sites for hydroxylation is 2. The van der Waals surface area contributed by atoms with Crippen LogP contribution in [-0.2, 0) is 13.0 Å². The molecule has 0 unspecified atom stereocenters. The molecule has 5 nitrogen and oxygen atoms in total. The Kier molecular flexibility index (Phi) is 4.29. The van der Waals surface area contributed by atoms with Crippen molar-refractivity contribution >= 4 is 0 Å². The molecule has 5 heteroatoms. The Labute approximate surface area is 125 Å². The summed E-state index contributed by atoms with van der Waals surface area (Å²) in [7, 11) is 0. The second-order valence-electron chi connectivity index (χ2n) is 6.07. The van der Waals surface area contributed by atoms with Crippen LogP contribution in [0, 0.1) is 19.8 Å². The van der Waals surface area contributed by atoms with Gasteiger partial charge in [0.25, 0.3) is 0 Å². The van der Waals surface area contributed by atoms with Gasteiger partial charge in [-0.05, 0) is 57.2 Å². The second kappa shape index (κ2) is 6.35. The number of piperidine rings is 1. The first-order valence-electron chi connectivity index (χ1n) is 7.70. The Morgan fingerprint density at radius 3 is 3.05 bits per heavy atom. The number of aromatic nitrogens is 4. The van der Waals surface area contributed by atoms with Gasteiger partial charge in [-0.2, -0.15) is 5.10 Å². The van der Waals surface area contributed by atoms with Crippen LogP contribution in [0.2, 0.25) is 0 Å². The number of hydrogen-bond acceptors (Lipinski definition) is 4. The summed E-state index contributed by atoms with van der Waals surface area (Å²) < 4.78 is 0. The molecule has 0 spiro atoms. The van der Waals surface area contributed by atoms with Crippen LogP contribution in [0.25, 0.3) is 0 Å². The summed E-state index contributed by atoms with van der Waals surface area (Å²) >= 11 is 0. The van der Waals surface area contributed by atoms with Crippen molar-refractivity contribution in [3.8, 4) is 0 Å². The number of aromatic amines is 1. The summed E-state index contributed by atoms with van der Waals surface area (Å²) in [5, 5.41) is 7.26. The molecule has 0 bridgehead atoms. The van der Waals surface area contributed by atoms with E-state index in [1.54, 1.807) is 0 Å². The molecule has 21 heavy (non-hydrogen) atoms. The van der Waals surface area contributed by atoms with Crippen molar-refractivity contribution in [2.75, 3.05) is 13.1 Å². The molecule has 2 aromatic heterocycles. The maximum Gasteiger partial charge on any atom is 0.125 e. The number of nitrogens with one attached hydrogen (secondary N) is 1. The molecule has 0 radical (unpaired) electrons. The first kappa shape index (κ1) is 14.2. The van der Waals surface area contributed by atoms with Crippen LogP contribution < -0.4 is 0 Å². The molecule has 1 fully saturated rings. The predicted octanol–water partition coefficient (Wildman–Crippen LogP) is 2.27. The Bertz CT molecular complexity index is 592. The third-order valence-electron chi connectivity index (χ3n) is 4.25. The van der Waals surface area contributed by atoms with E-state index in [-0.39, 0.29) is 0 Å². The highest BCUT2D eigenvalue weighted by Gasteiger charge is 2.21. The average Bonchev–Trinajstić information content (AvgIpc) is 2.85. The van der Waals surface area contributed by atoms with E-state index >= 15 is 0 Å².